The average Bonchev–Trinajstić information content (AvgIpc) is 2.26. The molecule has 1 saturated heterocycles. The second-order valence-electron chi connectivity index (χ2n) is 4.29. The topological polar surface area (TPSA) is 37.4 Å². The number of carbonyl (C=O) groups is 2. The Kier molecular flexibility index (Phi) is 2.77. The van der Waals surface area contributed by atoms with Crippen molar-refractivity contribution in [2.75, 3.05) is 11.4 Å². The van der Waals surface area contributed by atoms with Crippen LogP contribution in [0.15, 0.2) is 18.2 Å². The molecule has 0 spiro atoms. The van der Waals surface area contributed by atoms with Gasteiger partial charge in [0.1, 0.15) is 0 Å². The zero-order chi connectivity index (χ0) is 11.7. The van der Waals surface area contributed by atoms with Crippen LogP contribution in [0.4, 0.5) is 5.69 Å². The maximum Gasteiger partial charge on any atom is 0.227 e. The first kappa shape index (κ1) is 10.9. The molecule has 1 amide bonds. The summed E-state index contributed by atoms with van der Waals surface area (Å²) in [5.41, 5.74) is 3.17. The molecular formula is C13H15NO2. The van der Waals surface area contributed by atoms with Gasteiger partial charge in [0.25, 0.3) is 0 Å². The van der Waals surface area contributed by atoms with Crippen molar-refractivity contribution >= 4 is 17.4 Å². The summed E-state index contributed by atoms with van der Waals surface area (Å²) in [5.74, 6) is 0.181. The Bertz CT molecular complexity index is 451. The highest BCUT2D eigenvalue weighted by Gasteiger charge is 2.24. The van der Waals surface area contributed by atoms with Gasteiger partial charge in [-0.15, -0.1) is 0 Å². The minimum Gasteiger partial charge on any atom is -0.305 e. The predicted molar refractivity (Wildman–Crippen MR) is 62.5 cm³/mol. The van der Waals surface area contributed by atoms with Gasteiger partial charge in [0, 0.05) is 18.5 Å². The van der Waals surface area contributed by atoms with Crippen molar-refractivity contribution in [3.05, 3.63) is 29.3 Å². The summed E-state index contributed by atoms with van der Waals surface area (Å²) in [4.78, 5) is 24.6. The molecule has 0 unspecified atom stereocenters. The third-order valence-corrected chi connectivity index (χ3v) is 3.06. The number of piperidine rings is 1. The standard InChI is InChI=1S/C13H15NO2/c1-9-3-4-11(7-10(9)2)14-8-12(15)5-6-13(14)16/h3-4,7H,5-6,8H2,1-2H3. The van der Waals surface area contributed by atoms with Crippen LogP contribution in [-0.4, -0.2) is 18.2 Å². The fraction of sp³-hybridized carbons (Fsp3) is 0.385. The van der Waals surface area contributed by atoms with E-state index in [0.717, 1.165) is 11.3 Å². The van der Waals surface area contributed by atoms with Gasteiger partial charge >= 0.3 is 0 Å². The zero-order valence-electron chi connectivity index (χ0n) is 9.62. The van der Waals surface area contributed by atoms with E-state index < -0.39 is 0 Å². The molecule has 0 saturated carbocycles. The first-order valence-electron chi connectivity index (χ1n) is 5.47. The molecule has 0 radical (unpaired) electrons. The van der Waals surface area contributed by atoms with Crippen molar-refractivity contribution in [1.82, 2.24) is 0 Å². The molecule has 3 nitrogen and oxygen atoms in total. The molecule has 0 aliphatic carbocycles. The minimum absolute atomic E-state index is 0.0443. The smallest absolute Gasteiger partial charge is 0.227 e. The molecule has 1 heterocycles. The van der Waals surface area contributed by atoms with Gasteiger partial charge < -0.3 is 4.90 Å². The second kappa shape index (κ2) is 4.08. The van der Waals surface area contributed by atoms with Crippen LogP contribution in [0.3, 0.4) is 0 Å². The quantitative estimate of drug-likeness (QED) is 0.721. The van der Waals surface area contributed by atoms with Gasteiger partial charge in [0.15, 0.2) is 5.78 Å². The van der Waals surface area contributed by atoms with E-state index in [0.29, 0.717) is 12.8 Å². The van der Waals surface area contributed by atoms with Gasteiger partial charge in [-0.3, -0.25) is 9.59 Å². The van der Waals surface area contributed by atoms with Crippen molar-refractivity contribution < 1.29 is 9.59 Å². The van der Waals surface area contributed by atoms with E-state index in [-0.39, 0.29) is 18.2 Å². The molecule has 1 fully saturated rings. The molecule has 84 valence electrons. The highest BCUT2D eigenvalue weighted by molar-refractivity contribution is 6.04. The van der Waals surface area contributed by atoms with Gasteiger partial charge in [-0.1, -0.05) is 6.07 Å². The van der Waals surface area contributed by atoms with Gasteiger partial charge in [-0.2, -0.15) is 0 Å². The van der Waals surface area contributed by atoms with Crippen molar-refractivity contribution in [2.24, 2.45) is 0 Å². The molecule has 0 atom stereocenters. The molecule has 0 bridgehead atoms. The van der Waals surface area contributed by atoms with Crippen molar-refractivity contribution in [3.63, 3.8) is 0 Å². The van der Waals surface area contributed by atoms with Gasteiger partial charge in [0.2, 0.25) is 5.91 Å². The molecule has 16 heavy (non-hydrogen) atoms. The molecule has 3 heteroatoms. The van der Waals surface area contributed by atoms with Crippen LogP contribution < -0.4 is 4.90 Å². The minimum atomic E-state index is 0.0443. The van der Waals surface area contributed by atoms with Crippen molar-refractivity contribution in [2.45, 2.75) is 26.7 Å². The highest BCUT2D eigenvalue weighted by atomic mass is 16.2. The van der Waals surface area contributed by atoms with Crippen LogP contribution in [0, 0.1) is 13.8 Å². The summed E-state index contributed by atoms with van der Waals surface area (Å²) in [7, 11) is 0. The molecule has 1 aromatic rings. The Morgan fingerprint density at radius 1 is 1.06 bits per heavy atom. The summed E-state index contributed by atoms with van der Waals surface area (Å²) in [5, 5.41) is 0. The first-order valence-corrected chi connectivity index (χ1v) is 5.47. The number of rotatable bonds is 1. The van der Waals surface area contributed by atoms with Crippen LogP contribution in [0.1, 0.15) is 24.0 Å². The fourth-order valence-electron chi connectivity index (χ4n) is 1.85. The summed E-state index contributed by atoms with van der Waals surface area (Å²) < 4.78 is 0. The Morgan fingerprint density at radius 2 is 1.81 bits per heavy atom. The number of hydrogen-bond donors (Lipinski definition) is 0. The number of aryl methyl sites for hydroxylation is 2. The normalized spacial score (nSPS) is 16.8. The number of hydrogen-bond acceptors (Lipinski definition) is 2. The number of nitrogens with zero attached hydrogens (tertiary/aromatic N) is 1. The third kappa shape index (κ3) is 1.98. The van der Waals surface area contributed by atoms with E-state index in [4.69, 9.17) is 0 Å². The van der Waals surface area contributed by atoms with E-state index in [2.05, 4.69) is 0 Å². The highest BCUT2D eigenvalue weighted by Crippen LogP contribution is 2.22. The maximum absolute atomic E-state index is 11.7. The van der Waals surface area contributed by atoms with E-state index in [1.54, 1.807) is 4.90 Å². The number of ketones is 1. The lowest BCUT2D eigenvalue weighted by Gasteiger charge is -2.26. The molecule has 0 N–H and O–H groups in total. The summed E-state index contributed by atoms with van der Waals surface area (Å²) in [6, 6.07) is 5.85. The average molecular weight is 217 g/mol. The maximum atomic E-state index is 11.7. The van der Waals surface area contributed by atoms with Crippen molar-refractivity contribution in [1.29, 1.82) is 0 Å². The third-order valence-electron chi connectivity index (χ3n) is 3.06. The molecular weight excluding hydrogens is 202 g/mol. The summed E-state index contributed by atoms with van der Waals surface area (Å²) in [6.45, 7) is 4.26. The molecule has 1 aliphatic heterocycles. The number of carbonyl (C=O) groups excluding carboxylic acids is 2. The fourth-order valence-corrected chi connectivity index (χ4v) is 1.85. The zero-order valence-corrected chi connectivity index (χ0v) is 9.62. The van der Waals surface area contributed by atoms with Crippen LogP contribution in [-0.2, 0) is 9.59 Å². The Balaban J connectivity index is 2.31. The number of Topliss-reactive ketones (excluding diaryl/α,β-unsaturated/α-hetero) is 1. The lowest BCUT2D eigenvalue weighted by molar-refractivity contribution is -0.127. The Labute approximate surface area is 95.1 Å². The largest absolute Gasteiger partial charge is 0.305 e. The summed E-state index contributed by atoms with van der Waals surface area (Å²) >= 11 is 0. The Hall–Kier alpha value is -1.64. The number of amides is 1. The summed E-state index contributed by atoms with van der Waals surface area (Å²) in [6.07, 6.45) is 0.728. The van der Waals surface area contributed by atoms with E-state index in [1.165, 1.54) is 5.56 Å². The van der Waals surface area contributed by atoms with Gasteiger partial charge in [0.05, 0.1) is 6.54 Å². The molecule has 2 rings (SSSR count). The lowest BCUT2D eigenvalue weighted by Crippen LogP contribution is -2.40. The van der Waals surface area contributed by atoms with Crippen LogP contribution >= 0.6 is 0 Å². The lowest BCUT2D eigenvalue weighted by atomic mass is 10.1. The number of benzene rings is 1. The molecule has 1 aromatic carbocycles. The van der Waals surface area contributed by atoms with E-state index in [9.17, 15) is 9.59 Å². The van der Waals surface area contributed by atoms with Crippen LogP contribution in [0.5, 0.6) is 0 Å². The monoisotopic (exact) mass is 217 g/mol. The predicted octanol–water partition coefficient (Wildman–Crippen LogP) is 2.00. The Morgan fingerprint density at radius 3 is 2.50 bits per heavy atom. The van der Waals surface area contributed by atoms with Gasteiger partial charge in [-0.05, 0) is 37.1 Å². The van der Waals surface area contributed by atoms with E-state index >= 15 is 0 Å². The van der Waals surface area contributed by atoms with Crippen LogP contribution in [0.2, 0.25) is 0 Å². The van der Waals surface area contributed by atoms with Crippen molar-refractivity contribution in [3.8, 4) is 0 Å². The molecule has 1 aliphatic rings. The number of anilines is 1. The SMILES string of the molecule is Cc1ccc(N2CC(=O)CCC2=O)cc1C. The van der Waals surface area contributed by atoms with Gasteiger partial charge in [-0.25, -0.2) is 0 Å². The molecule has 0 aromatic heterocycles. The van der Waals surface area contributed by atoms with E-state index in [1.807, 2.05) is 32.0 Å². The second-order valence-corrected chi connectivity index (χ2v) is 4.29. The van der Waals surface area contributed by atoms with Crippen LogP contribution in [0.25, 0.3) is 0 Å². The first-order chi connectivity index (χ1) is 7.58.